The van der Waals surface area contributed by atoms with Gasteiger partial charge in [-0.2, -0.15) is 0 Å². The van der Waals surface area contributed by atoms with Gasteiger partial charge >= 0.3 is 0 Å². The van der Waals surface area contributed by atoms with Crippen LogP contribution in [-0.2, 0) is 11.3 Å². The van der Waals surface area contributed by atoms with Gasteiger partial charge in [0, 0.05) is 18.0 Å². The summed E-state index contributed by atoms with van der Waals surface area (Å²) in [7, 11) is 0. The fourth-order valence-electron chi connectivity index (χ4n) is 2.02. The number of allylic oxidation sites excluding steroid dienone is 2. The molecule has 1 N–H and O–H groups in total. The van der Waals surface area contributed by atoms with Crippen molar-refractivity contribution >= 4 is 17.5 Å². The first kappa shape index (κ1) is 12.2. The first-order valence-electron chi connectivity index (χ1n) is 5.92. The van der Waals surface area contributed by atoms with Crippen molar-refractivity contribution in [3.05, 3.63) is 47.0 Å². The van der Waals surface area contributed by atoms with E-state index in [1.54, 1.807) is 0 Å². The largest absolute Gasteiger partial charge is 0.352 e. The van der Waals surface area contributed by atoms with Crippen LogP contribution in [0.5, 0.6) is 0 Å². The van der Waals surface area contributed by atoms with Gasteiger partial charge < -0.3 is 5.32 Å². The molecule has 1 aliphatic rings. The monoisotopic (exact) mass is 249 g/mol. The van der Waals surface area contributed by atoms with E-state index in [1.807, 2.05) is 24.3 Å². The number of benzene rings is 1. The molecular weight excluding hydrogens is 234 g/mol. The Morgan fingerprint density at radius 1 is 1.47 bits per heavy atom. The average Bonchev–Trinajstić information content (AvgIpc) is 2.79. The van der Waals surface area contributed by atoms with Gasteiger partial charge in [-0.05, 0) is 36.5 Å². The van der Waals surface area contributed by atoms with E-state index < -0.39 is 0 Å². The molecule has 0 radical (unpaired) electrons. The summed E-state index contributed by atoms with van der Waals surface area (Å²) >= 11 is 5.88. The van der Waals surface area contributed by atoms with Gasteiger partial charge in [0.1, 0.15) is 0 Å². The molecule has 1 amide bonds. The number of hydrogen-bond donors (Lipinski definition) is 1. The third kappa shape index (κ3) is 3.90. The summed E-state index contributed by atoms with van der Waals surface area (Å²) in [6.07, 6.45) is 7.09. The van der Waals surface area contributed by atoms with Gasteiger partial charge in [0.05, 0.1) is 0 Å². The molecule has 0 aromatic heterocycles. The van der Waals surface area contributed by atoms with E-state index in [2.05, 4.69) is 17.5 Å². The maximum Gasteiger partial charge on any atom is 0.220 e. The quantitative estimate of drug-likeness (QED) is 0.815. The zero-order valence-corrected chi connectivity index (χ0v) is 10.4. The number of halogens is 1. The maximum atomic E-state index is 11.7. The Hall–Kier alpha value is -1.28. The van der Waals surface area contributed by atoms with Crippen LogP contribution in [0.15, 0.2) is 36.4 Å². The highest BCUT2D eigenvalue weighted by atomic mass is 35.5. The van der Waals surface area contributed by atoms with Gasteiger partial charge in [0.2, 0.25) is 5.91 Å². The molecule has 1 aliphatic carbocycles. The number of amides is 1. The van der Waals surface area contributed by atoms with Gasteiger partial charge in [0.15, 0.2) is 0 Å². The lowest BCUT2D eigenvalue weighted by Crippen LogP contribution is -2.24. The van der Waals surface area contributed by atoms with Gasteiger partial charge in [-0.25, -0.2) is 0 Å². The summed E-state index contributed by atoms with van der Waals surface area (Å²) < 4.78 is 0. The number of carbonyl (C=O) groups excluding carboxylic acids is 1. The van der Waals surface area contributed by atoms with Gasteiger partial charge in [-0.1, -0.05) is 35.9 Å². The smallest absolute Gasteiger partial charge is 0.220 e. The predicted octanol–water partition coefficient (Wildman–Crippen LogP) is 3.31. The molecule has 1 aromatic rings. The number of carbonyl (C=O) groups is 1. The maximum absolute atomic E-state index is 11.7. The third-order valence-electron chi connectivity index (χ3n) is 2.94. The van der Waals surface area contributed by atoms with Crippen molar-refractivity contribution in [2.75, 3.05) is 0 Å². The van der Waals surface area contributed by atoms with E-state index in [1.165, 1.54) is 0 Å². The Morgan fingerprint density at radius 2 is 2.35 bits per heavy atom. The topological polar surface area (TPSA) is 29.1 Å². The first-order valence-corrected chi connectivity index (χ1v) is 6.29. The summed E-state index contributed by atoms with van der Waals surface area (Å²) in [4.78, 5) is 11.7. The first-order chi connectivity index (χ1) is 8.24. The van der Waals surface area contributed by atoms with Crippen LogP contribution in [0.2, 0.25) is 5.02 Å². The van der Waals surface area contributed by atoms with E-state index >= 15 is 0 Å². The van der Waals surface area contributed by atoms with E-state index in [4.69, 9.17) is 11.6 Å². The molecule has 90 valence electrons. The van der Waals surface area contributed by atoms with Crippen LogP contribution in [0.4, 0.5) is 0 Å². The second kappa shape index (κ2) is 5.87. The lowest BCUT2D eigenvalue weighted by Gasteiger charge is -2.08. The van der Waals surface area contributed by atoms with Crippen LogP contribution in [-0.4, -0.2) is 5.91 Å². The van der Waals surface area contributed by atoms with E-state index in [-0.39, 0.29) is 5.91 Å². The number of rotatable bonds is 4. The van der Waals surface area contributed by atoms with Crippen molar-refractivity contribution in [3.8, 4) is 0 Å². The van der Waals surface area contributed by atoms with Gasteiger partial charge in [-0.15, -0.1) is 0 Å². The fraction of sp³-hybridized carbons (Fsp3) is 0.357. The zero-order valence-electron chi connectivity index (χ0n) is 9.66. The van der Waals surface area contributed by atoms with Crippen LogP contribution in [0.3, 0.4) is 0 Å². The van der Waals surface area contributed by atoms with Crippen LogP contribution in [0.1, 0.15) is 24.8 Å². The molecule has 0 fully saturated rings. The standard InChI is InChI=1S/C14H16ClNO/c15-13-7-3-6-12(8-13)10-16-14(17)9-11-4-1-2-5-11/h1,3-4,6-8,11H,2,5,9-10H2,(H,16,17). The second-order valence-corrected chi connectivity index (χ2v) is 4.81. The van der Waals surface area contributed by atoms with Crippen molar-refractivity contribution in [3.63, 3.8) is 0 Å². The van der Waals surface area contributed by atoms with E-state index in [0.29, 0.717) is 23.9 Å². The Balaban J connectivity index is 1.77. The van der Waals surface area contributed by atoms with Crippen LogP contribution in [0.25, 0.3) is 0 Å². The fourth-order valence-corrected chi connectivity index (χ4v) is 2.24. The Bertz CT molecular complexity index is 428. The lowest BCUT2D eigenvalue weighted by atomic mass is 10.1. The van der Waals surface area contributed by atoms with Gasteiger partial charge in [0.25, 0.3) is 0 Å². The van der Waals surface area contributed by atoms with E-state index in [0.717, 1.165) is 18.4 Å². The highest BCUT2D eigenvalue weighted by Gasteiger charge is 2.13. The molecule has 2 rings (SSSR count). The molecule has 1 unspecified atom stereocenters. The Morgan fingerprint density at radius 3 is 3.06 bits per heavy atom. The number of nitrogens with one attached hydrogen (secondary N) is 1. The summed E-state index contributed by atoms with van der Waals surface area (Å²) in [5.41, 5.74) is 1.04. The Labute approximate surface area is 107 Å². The average molecular weight is 250 g/mol. The summed E-state index contributed by atoms with van der Waals surface area (Å²) in [5, 5.41) is 3.63. The SMILES string of the molecule is O=C(CC1C=CCC1)NCc1cccc(Cl)c1. The van der Waals surface area contributed by atoms with Crippen LogP contribution in [0, 0.1) is 5.92 Å². The van der Waals surface area contributed by atoms with Crippen molar-refractivity contribution in [2.45, 2.75) is 25.8 Å². The molecule has 0 spiro atoms. The highest BCUT2D eigenvalue weighted by Crippen LogP contribution is 2.20. The molecule has 17 heavy (non-hydrogen) atoms. The Kier molecular flexibility index (Phi) is 4.21. The summed E-state index contributed by atoms with van der Waals surface area (Å²) in [5.74, 6) is 0.538. The molecule has 0 saturated heterocycles. The molecule has 1 aromatic carbocycles. The van der Waals surface area contributed by atoms with Crippen LogP contribution >= 0.6 is 11.6 Å². The van der Waals surface area contributed by atoms with Crippen molar-refractivity contribution in [1.29, 1.82) is 0 Å². The lowest BCUT2D eigenvalue weighted by molar-refractivity contribution is -0.121. The predicted molar refractivity (Wildman–Crippen MR) is 69.8 cm³/mol. The van der Waals surface area contributed by atoms with Gasteiger partial charge in [-0.3, -0.25) is 4.79 Å². The van der Waals surface area contributed by atoms with E-state index in [9.17, 15) is 4.79 Å². The van der Waals surface area contributed by atoms with Crippen molar-refractivity contribution in [2.24, 2.45) is 5.92 Å². The number of hydrogen-bond acceptors (Lipinski definition) is 1. The molecule has 0 saturated carbocycles. The summed E-state index contributed by atoms with van der Waals surface area (Å²) in [6.45, 7) is 0.551. The zero-order chi connectivity index (χ0) is 12.1. The molecular formula is C14H16ClNO. The van der Waals surface area contributed by atoms with Crippen molar-refractivity contribution < 1.29 is 4.79 Å². The van der Waals surface area contributed by atoms with Crippen molar-refractivity contribution in [1.82, 2.24) is 5.32 Å². The molecule has 0 aliphatic heterocycles. The minimum atomic E-state index is 0.113. The summed E-state index contributed by atoms with van der Waals surface area (Å²) in [6, 6.07) is 7.55. The molecule has 2 nitrogen and oxygen atoms in total. The van der Waals surface area contributed by atoms with Crippen LogP contribution < -0.4 is 5.32 Å². The molecule has 3 heteroatoms. The highest BCUT2D eigenvalue weighted by molar-refractivity contribution is 6.30. The normalized spacial score (nSPS) is 18.3. The molecule has 0 heterocycles. The third-order valence-corrected chi connectivity index (χ3v) is 3.17. The second-order valence-electron chi connectivity index (χ2n) is 4.38. The minimum absolute atomic E-state index is 0.113. The molecule has 1 atom stereocenters. The minimum Gasteiger partial charge on any atom is -0.352 e. The molecule has 0 bridgehead atoms.